The topological polar surface area (TPSA) is 38.0 Å². The first-order valence-electron chi connectivity index (χ1n) is 7.25. The minimum Gasteiger partial charge on any atom is -0.399 e. The van der Waals surface area contributed by atoms with Crippen molar-refractivity contribution < 1.29 is 0 Å². The number of hydrogen-bond donors (Lipinski definition) is 2. The Labute approximate surface area is 120 Å². The van der Waals surface area contributed by atoms with Crippen molar-refractivity contribution in [1.29, 1.82) is 0 Å². The molecule has 3 heteroatoms. The first-order valence-corrected chi connectivity index (χ1v) is 7.25. The first kappa shape index (κ1) is 13.2. The summed E-state index contributed by atoms with van der Waals surface area (Å²) in [6, 6.07) is 19.2. The Bertz CT molecular complexity index is 542. The monoisotopic (exact) mass is 268 g/mol. The summed E-state index contributed by atoms with van der Waals surface area (Å²) in [5, 5.41) is 3.47. The fourth-order valence-corrected chi connectivity index (χ4v) is 3.05. The van der Waals surface area contributed by atoms with Gasteiger partial charge < -0.3 is 11.1 Å². The molecule has 3 rings (SSSR count). The minimum absolute atomic E-state index is 0.835. The molecule has 3 N–H and O–H groups in total. The second-order valence-electron chi connectivity index (χ2n) is 5.58. The molecule has 0 bridgehead atoms. The van der Waals surface area contributed by atoms with Gasteiger partial charge in [-0.2, -0.15) is 0 Å². The van der Waals surface area contributed by atoms with E-state index in [1.165, 1.54) is 11.3 Å². The number of anilines is 1. The molecule has 1 saturated heterocycles. The first-order chi connectivity index (χ1) is 9.78. The molecule has 104 valence electrons. The Morgan fingerprint density at radius 3 is 2.20 bits per heavy atom. The number of hydrogen-bond acceptors (Lipinski definition) is 2. The lowest BCUT2D eigenvalue weighted by Gasteiger charge is -2.41. The highest BCUT2D eigenvalue weighted by atomic mass is 15.4. The van der Waals surface area contributed by atoms with Crippen LogP contribution in [0.15, 0.2) is 54.6 Å². The molecule has 0 atom stereocenters. The molecular weight excluding hydrogens is 246 g/mol. The molecule has 0 unspecified atom stereocenters. The molecule has 1 aliphatic rings. The largest absolute Gasteiger partial charge is 0.399 e. The van der Waals surface area contributed by atoms with Crippen molar-refractivity contribution in [2.75, 3.05) is 31.9 Å². The summed E-state index contributed by atoms with van der Waals surface area (Å²) < 4.78 is 1.01. The van der Waals surface area contributed by atoms with E-state index in [2.05, 4.69) is 47.8 Å². The van der Waals surface area contributed by atoms with Crippen LogP contribution in [0, 0.1) is 0 Å². The van der Waals surface area contributed by atoms with E-state index in [-0.39, 0.29) is 0 Å². The number of nitrogens with two attached hydrogens (primary N) is 1. The summed E-state index contributed by atoms with van der Waals surface area (Å²) >= 11 is 0. The number of rotatable bonds is 3. The number of nitrogen functional groups attached to an aromatic ring is 1. The third kappa shape index (κ3) is 2.69. The van der Waals surface area contributed by atoms with Crippen molar-refractivity contribution >= 4 is 11.4 Å². The van der Waals surface area contributed by atoms with E-state index in [0.717, 1.165) is 42.9 Å². The smallest absolute Gasteiger partial charge is 0.133 e. The zero-order valence-electron chi connectivity index (χ0n) is 11.8. The predicted octanol–water partition coefficient (Wildman–Crippen LogP) is 2.38. The molecule has 0 radical (unpaired) electrons. The lowest BCUT2D eigenvalue weighted by Crippen LogP contribution is -2.59. The molecule has 20 heavy (non-hydrogen) atoms. The van der Waals surface area contributed by atoms with E-state index in [1.54, 1.807) is 0 Å². The maximum absolute atomic E-state index is 5.83. The molecule has 0 spiro atoms. The Balaban J connectivity index is 1.94. The van der Waals surface area contributed by atoms with Crippen molar-refractivity contribution in [3.05, 3.63) is 60.2 Å². The Morgan fingerprint density at radius 2 is 1.55 bits per heavy atom. The van der Waals surface area contributed by atoms with Crippen molar-refractivity contribution in [1.82, 2.24) is 9.80 Å². The maximum atomic E-state index is 5.83. The second kappa shape index (κ2) is 5.65. The van der Waals surface area contributed by atoms with Gasteiger partial charge in [0.2, 0.25) is 0 Å². The van der Waals surface area contributed by atoms with Crippen LogP contribution >= 0.6 is 0 Å². The molecule has 1 heterocycles. The van der Waals surface area contributed by atoms with E-state index in [9.17, 15) is 0 Å². The van der Waals surface area contributed by atoms with Crippen LogP contribution in [-0.4, -0.2) is 26.2 Å². The van der Waals surface area contributed by atoms with Crippen LogP contribution in [0.3, 0.4) is 0 Å². The summed E-state index contributed by atoms with van der Waals surface area (Å²) in [7, 11) is 0. The van der Waals surface area contributed by atoms with Crippen LogP contribution in [0.2, 0.25) is 0 Å². The van der Waals surface area contributed by atoms with E-state index in [1.807, 2.05) is 12.1 Å². The van der Waals surface area contributed by atoms with Gasteiger partial charge in [0.15, 0.2) is 0 Å². The van der Waals surface area contributed by atoms with Crippen LogP contribution in [-0.2, 0) is 6.54 Å². The average molecular weight is 268 g/mol. The summed E-state index contributed by atoms with van der Waals surface area (Å²) in [6.45, 7) is 5.43. The van der Waals surface area contributed by atoms with Gasteiger partial charge in [-0.15, -0.1) is 0 Å². The number of nitrogens with one attached hydrogen (secondary N) is 1. The fraction of sp³-hybridized carbons (Fsp3) is 0.294. The Morgan fingerprint density at radius 1 is 0.900 bits per heavy atom. The van der Waals surface area contributed by atoms with E-state index in [4.69, 9.17) is 5.73 Å². The number of benzene rings is 2. The molecule has 2 aromatic carbocycles. The van der Waals surface area contributed by atoms with Crippen LogP contribution in [0.4, 0.5) is 11.4 Å². The van der Waals surface area contributed by atoms with Gasteiger partial charge in [-0.1, -0.05) is 30.3 Å². The molecule has 1 fully saturated rings. The standard InChI is InChI=1S/C17H22N3/c18-16-6-8-17(9-7-16)20(12-10-19-11-13-20)14-15-4-2-1-3-5-15/h1-9,19H,10-14,18H2/q+1. The maximum Gasteiger partial charge on any atom is 0.133 e. The molecule has 0 aliphatic carbocycles. The molecule has 3 nitrogen and oxygen atoms in total. The van der Waals surface area contributed by atoms with Gasteiger partial charge >= 0.3 is 0 Å². The highest BCUT2D eigenvalue weighted by molar-refractivity contribution is 5.51. The molecule has 0 aromatic heterocycles. The summed E-state index contributed by atoms with van der Waals surface area (Å²) in [6.07, 6.45) is 0. The molecule has 2 aromatic rings. The third-order valence-electron chi connectivity index (χ3n) is 4.20. The van der Waals surface area contributed by atoms with Gasteiger partial charge in [0.1, 0.15) is 12.2 Å². The van der Waals surface area contributed by atoms with E-state index >= 15 is 0 Å². The quantitative estimate of drug-likeness (QED) is 0.662. The lowest BCUT2D eigenvalue weighted by atomic mass is 10.1. The van der Waals surface area contributed by atoms with E-state index in [0.29, 0.717) is 0 Å². The molecular formula is C17H22N3+. The van der Waals surface area contributed by atoms with Crippen molar-refractivity contribution in [3.8, 4) is 0 Å². The average Bonchev–Trinajstić information content (AvgIpc) is 2.50. The lowest BCUT2D eigenvalue weighted by molar-refractivity contribution is 0.233. The summed E-state index contributed by atoms with van der Waals surface area (Å²) in [5.74, 6) is 0. The van der Waals surface area contributed by atoms with Gasteiger partial charge in [-0.25, -0.2) is 0 Å². The zero-order valence-corrected chi connectivity index (χ0v) is 11.8. The number of quaternary nitrogens is 1. The molecule has 1 aliphatic heterocycles. The van der Waals surface area contributed by atoms with Gasteiger partial charge in [0, 0.05) is 36.5 Å². The normalized spacial score (nSPS) is 17.8. The summed E-state index contributed by atoms with van der Waals surface area (Å²) in [5.41, 5.74) is 9.43. The van der Waals surface area contributed by atoms with Gasteiger partial charge in [0.25, 0.3) is 0 Å². The van der Waals surface area contributed by atoms with Crippen molar-refractivity contribution in [2.45, 2.75) is 6.54 Å². The van der Waals surface area contributed by atoms with Crippen molar-refractivity contribution in [3.63, 3.8) is 0 Å². The Hall–Kier alpha value is -1.84. The Kier molecular flexibility index (Phi) is 3.72. The highest BCUT2D eigenvalue weighted by Gasteiger charge is 2.32. The predicted molar refractivity (Wildman–Crippen MR) is 85.4 cm³/mol. The molecule has 0 saturated carbocycles. The van der Waals surface area contributed by atoms with Crippen LogP contribution < -0.4 is 15.5 Å². The van der Waals surface area contributed by atoms with Gasteiger partial charge in [-0.3, -0.25) is 4.48 Å². The van der Waals surface area contributed by atoms with Gasteiger partial charge in [0.05, 0.1) is 13.1 Å². The molecule has 0 amide bonds. The van der Waals surface area contributed by atoms with Crippen molar-refractivity contribution in [2.24, 2.45) is 0 Å². The SMILES string of the molecule is Nc1ccc([N+]2(Cc3ccccc3)CCNCC2)cc1. The van der Waals surface area contributed by atoms with Gasteiger partial charge in [-0.05, 0) is 12.1 Å². The van der Waals surface area contributed by atoms with Crippen LogP contribution in [0.25, 0.3) is 0 Å². The van der Waals surface area contributed by atoms with E-state index < -0.39 is 0 Å². The summed E-state index contributed by atoms with van der Waals surface area (Å²) in [4.78, 5) is 0. The third-order valence-corrected chi connectivity index (χ3v) is 4.20. The minimum atomic E-state index is 0.835. The highest BCUT2D eigenvalue weighted by Crippen LogP contribution is 2.28. The number of piperazine rings is 1. The zero-order chi connectivity index (χ0) is 13.8. The van der Waals surface area contributed by atoms with Crippen LogP contribution in [0.5, 0.6) is 0 Å². The fourth-order valence-electron chi connectivity index (χ4n) is 3.05. The second-order valence-corrected chi connectivity index (χ2v) is 5.58. The van der Waals surface area contributed by atoms with Crippen LogP contribution in [0.1, 0.15) is 5.56 Å². The number of nitrogens with zero attached hydrogens (tertiary/aromatic N) is 1.